The zero-order valence-corrected chi connectivity index (χ0v) is 12.8. The summed E-state index contributed by atoms with van der Waals surface area (Å²) in [5.74, 6) is 0. The Labute approximate surface area is 129 Å². The number of para-hydroxylation sites is 1. The molecule has 22 heavy (non-hydrogen) atoms. The summed E-state index contributed by atoms with van der Waals surface area (Å²) < 4.78 is 0. The van der Waals surface area contributed by atoms with Crippen LogP contribution in [0.4, 0.5) is 0 Å². The Morgan fingerprint density at radius 2 is 1.50 bits per heavy atom. The molecule has 0 spiro atoms. The van der Waals surface area contributed by atoms with Gasteiger partial charge in [0.1, 0.15) is 0 Å². The summed E-state index contributed by atoms with van der Waals surface area (Å²) in [7, 11) is 0. The van der Waals surface area contributed by atoms with Crippen molar-refractivity contribution in [1.82, 2.24) is 4.98 Å². The molecule has 0 amide bonds. The molecular formula is C21H17N. The highest BCUT2D eigenvalue weighted by Gasteiger charge is 2.37. The second-order valence-electron chi connectivity index (χ2n) is 6.75. The van der Waals surface area contributed by atoms with Crippen molar-refractivity contribution in [2.45, 2.75) is 19.3 Å². The lowest BCUT2D eigenvalue weighted by Gasteiger charge is -2.22. The summed E-state index contributed by atoms with van der Waals surface area (Å²) in [4.78, 5) is 3.57. The fourth-order valence-corrected chi connectivity index (χ4v) is 4.21. The van der Waals surface area contributed by atoms with E-state index in [1.54, 1.807) is 0 Å². The number of benzene rings is 3. The molecule has 0 radical (unpaired) electrons. The zero-order chi connectivity index (χ0) is 14.9. The van der Waals surface area contributed by atoms with Crippen molar-refractivity contribution in [3.8, 4) is 11.1 Å². The summed E-state index contributed by atoms with van der Waals surface area (Å²) in [6.07, 6.45) is 0. The lowest BCUT2D eigenvalue weighted by atomic mass is 9.80. The zero-order valence-electron chi connectivity index (χ0n) is 12.8. The molecule has 0 saturated carbocycles. The van der Waals surface area contributed by atoms with E-state index in [9.17, 15) is 0 Å². The van der Waals surface area contributed by atoms with Gasteiger partial charge in [-0.05, 0) is 34.4 Å². The van der Waals surface area contributed by atoms with Crippen LogP contribution in [0.1, 0.15) is 25.0 Å². The first-order valence-electron chi connectivity index (χ1n) is 7.82. The van der Waals surface area contributed by atoms with Crippen LogP contribution in [0, 0.1) is 0 Å². The second-order valence-corrected chi connectivity index (χ2v) is 6.75. The average molecular weight is 283 g/mol. The van der Waals surface area contributed by atoms with Crippen LogP contribution in [-0.2, 0) is 5.41 Å². The van der Waals surface area contributed by atoms with Gasteiger partial charge in [-0.25, -0.2) is 0 Å². The molecule has 0 unspecified atom stereocenters. The molecule has 1 heteroatoms. The van der Waals surface area contributed by atoms with E-state index < -0.39 is 0 Å². The van der Waals surface area contributed by atoms with Crippen molar-refractivity contribution in [2.75, 3.05) is 0 Å². The number of hydrogen-bond donors (Lipinski definition) is 1. The van der Waals surface area contributed by atoms with Gasteiger partial charge in [0, 0.05) is 27.2 Å². The van der Waals surface area contributed by atoms with Gasteiger partial charge in [0.2, 0.25) is 0 Å². The van der Waals surface area contributed by atoms with Gasteiger partial charge in [-0.15, -0.1) is 0 Å². The lowest BCUT2D eigenvalue weighted by Crippen LogP contribution is -2.15. The van der Waals surface area contributed by atoms with E-state index in [1.807, 2.05) is 0 Å². The number of fused-ring (bicyclic) bond motifs is 7. The lowest BCUT2D eigenvalue weighted by molar-refractivity contribution is 0.666. The second kappa shape index (κ2) is 3.80. The van der Waals surface area contributed by atoms with Crippen molar-refractivity contribution in [3.05, 3.63) is 71.8 Å². The van der Waals surface area contributed by atoms with Crippen LogP contribution in [0.15, 0.2) is 60.7 Å². The standard InChI is InChI=1S/C21H17N/c1-21(2)16-9-5-3-7-13(16)14-11-12-18-19(20(14)21)15-8-4-6-10-17(15)22-18/h3-12,22H,1-2H3. The highest BCUT2D eigenvalue weighted by atomic mass is 14.7. The quantitative estimate of drug-likeness (QED) is 0.430. The van der Waals surface area contributed by atoms with Gasteiger partial charge >= 0.3 is 0 Å². The molecule has 1 heterocycles. The first-order valence-corrected chi connectivity index (χ1v) is 7.82. The van der Waals surface area contributed by atoms with E-state index in [-0.39, 0.29) is 5.41 Å². The van der Waals surface area contributed by atoms with Crippen molar-refractivity contribution >= 4 is 21.8 Å². The van der Waals surface area contributed by atoms with E-state index in [0.29, 0.717) is 0 Å². The molecule has 0 aliphatic heterocycles. The summed E-state index contributed by atoms with van der Waals surface area (Å²) in [5, 5.41) is 2.71. The first kappa shape index (κ1) is 12.0. The molecule has 3 aromatic carbocycles. The Hall–Kier alpha value is -2.54. The Bertz CT molecular complexity index is 1050. The number of rotatable bonds is 0. The number of aromatic amines is 1. The fraction of sp³-hybridized carbons (Fsp3) is 0.143. The minimum absolute atomic E-state index is 0.0381. The van der Waals surface area contributed by atoms with Gasteiger partial charge in [-0.2, -0.15) is 0 Å². The number of aromatic nitrogens is 1. The summed E-state index contributed by atoms with van der Waals surface area (Å²) in [6, 6.07) is 21.9. The molecule has 106 valence electrons. The third-order valence-electron chi connectivity index (χ3n) is 5.19. The van der Waals surface area contributed by atoms with Gasteiger partial charge in [-0.3, -0.25) is 0 Å². The number of nitrogens with one attached hydrogen (secondary N) is 1. The molecule has 4 aromatic rings. The highest BCUT2D eigenvalue weighted by Crippen LogP contribution is 2.52. The summed E-state index contributed by atoms with van der Waals surface area (Å²) in [5.41, 5.74) is 8.16. The normalized spacial score (nSPS) is 15.2. The summed E-state index contributed by atoms with van der Waals surface area (Å²) >= 11 is 0. The van der Waals surface area contributed by atoms with Crippen molar-refractivity contribution in [3.63, 3.8) is 0 Å². The van der Waals surface area contributed by atoms with Crippen LogP contribution in [-0.4, -0.2) is 4.98 Å². The third kappa shape index (κ3) is 1.29. The number of hydrogen-bond acceptors (Lipinski definition) is 0. The molecule has 1 aliphatic carbocycles. The van der Waals surface area contributed by atoms with Crippen LogP contribution in [0.25, 0.3) is 32.9 Å². The predicted octanol–water partition coefficient (Wildman–Crippen LogP) is 5.63. The molecular weight excluding hydrogens is 266 g/mol. The Morgan fingerprint density at radius 1 is 0.727 bits per heavy atom. The van der Waals surface area contributed by atoms with Gasteiger partial charge < -0.3 is 4.98 Å². The molecule has 0 bridgehead atoms. The number of H-pyrrole nitrogens is 1. The maximum atomic E-state index is 3.57. The smallest absolute Gasteiger partial charge is 0.0468 e. The first-order chi connectivity index (χ1) is 10.7. The molecule has 1 N–H and O–H groups in total. The van der Waals surface area contributed by atoms with Crippen LogP contribution >= 0.6 is 0 Å². The highest BCUT2D eigenvalue weighted by molar-refractivity contribution is 6.12. The SMILES string of the molecule is CC1(C)c2ccccc2-c2ccc3[nH]c4ccccc4c3c21. The fourth-order valence-electron chi connectivity index (χ4n) is 4.21. The molecule has 0 saturated heterocycles. The predicted molar refractivity (Wildman–Crippen MR) is 93.4 cm³/mol. The van der Waals surface area contributed by atoms with E-state index in [2.05, 4.69) is 79.5 Å². The van der Waals surface area contributed by atoms with Gasteiger partial charge in [0.05, 0.1) is 0 Å². The maximum Gasteiger partial charge on any atom is 0.0468 e. The van der Waals surface area contributed by atoms with Crippen molar-refractivity contribution in [1.29, 1.82) is 0 Å². The van der Waals surface area contributed by atoms with Gasteiger partial charge in [-0.1, -0.05) is 62.4 Å². The van der Waals surface area contributed by atoms with Crippen LogP contribution in [0.3, 0.4) is 0 Å². The Kier molecular flexibility index (Phi) is 2.08. The molecule has 0 atom stereocenters. The largest absolute Gasteiger partial charge is 0.355 e. The van der Waals surface area contributed by atoms with Crippen LogP contribution in [0.2, 0.25) is 0 Å². The van der Waals surface area contributed by atoms with E-state index >= 15 is 0 Å². The van der Waals surface area contributed by atoms with Gasteiger partial charge in [0.25, 0.3) is 0 Å². The average Bonchev–Trinajstić information content (AvgIpc) is 3.02. The Balaban J connectivity index is 2.03. The minimum atomic E-state index is 0.0381. The Morgan fingerprint density at radius 3 is 2.41 bits per heavy atom. The van der Waals surface area contributed by atoms with E-state index in [4.69, 9.17) is 0 Å². The summed E-state index contributed by atoms with van der Waals surface area (Å²) in [6.45, 7) is 4.69. The molecule has 1 aromatic heterocycles. The molecule has 5 rings (SSSR count). The molecule has 1 nitrogen and oxygen atoms in total. The molecule has 1 aliphatic rings. The third-order valence-corrected chi connectivity index (χ3v) is 5.19. The minimum Gasteiger partial charge on any atom is -0.355 e. The van der Waals surface area contributed by atoms with Gasteiger partial charge in [0.15, 0.2) is 0 Å². The van der Waals surface area contributed by atoms with E-state index in [0.717, 1.165) is 0 Å². The monoisotopic (exact) mass is 283 g/mol. The van der Waals surface area contributed by atoms with Crippen molar-refractivity contribution < 1.29 is 0 Å². The molecule has 0 fully saturated rings. The topological polar surface area (TPSA) is 15.8 Å². The van der Waals surface area contributed by atoms with E-state index in [1.165, 1.54) is 44.1 Å². The van der Waals surface area contributed by atoms with Crippen LogP contribution < -0.4 is 0 Å². The van der Waals surface area contributed by atoms with Crippen LogP contribution in [0.5, 0.6) is 0 Å². The van der Waals surface area contributed by atoms with Crippen molar-refractivity contribution in [2.24, 2.45) is 0 Å². The maximum absolute atomic E-state index is 3.57.